The Hall–Kier alpha value is -4.47. The van der Waals surface area contributed by atoms with Gasteiger partial charge in [0.2, 0.25) is 0 Å². The van der Waals surface area contributed by atoms with Gasteiger partial charge in [0.05, 0.1) is 35.5 Å². The van der Waals surface area contributed by atoms with Crippen LogP contribution in [-0.2, 0) is 18.2 Å². The van der Waals surface area contributed by atoms with Crippen LogP contribution in [0.5, 0.6) is 5.75 Å². The van der Waals surface area contributed by atoms with E-state index in [0.29, 0.717) is 61.9 Å². The molecule has 3 heterocycles. The number of aromatic amines is 1. The molecule has 5 aromatic rings. The van der Waals surface area contributed by atoms with Crippen molar-refractivity contribution in [2.45, 2.75) is 40.5 Å². The molecule has 0 saturated carbocycles. The van der Waals surface area contributed by atoms with Crippen molar-refractivity contribution in [1.29, 1.82) is 0 Å². The second kappa shape index (κ2) is 14.2. The number of ether oxygens (including phenoxy) is 2. The number of halogens is 2. The van der Waals surface area contributed by atoms with Crippen LogP contribution in [0.2, 0.25) is 10.0 Å². The number of carbonyl (C=O) groups excluding carboxylic acids is 2. The Balaban J connectivity index is 1.28. The Kier molecular flexibility index (Phi) is 9.95. The van der Waals surface area contributed by atoms with E-state index in [4.69, 9.17) is 32.7 Å². The quantitative estimate of drug-likeness (QED) is 0.124. The molecular formula is C38H41Cl2N5O4. The first-order chi connectivity index (χ1) is 23.5. The van der Waals surface area contributed by atoms with Crippen molar-refractivity contribution >= 4 is 51.7 Å². The molecular weight excluding hydrogens is 661 g/mol. The number of benzene rings is 3. The van der Waals surface area contributed by atoms with Gasteiger partial charge in [0, 0.05) is 66.1 Å². The Morgan fingerprint density at radius 2 is 1.59 bits per heavy atom. The van der Waals surface area contributed by atoms with Gasteiger partial charge in [0.1, 0.15) is 11.4 Å². The lowest BCUT2D eigenvalue weighted by molar-refractivity contribution is 0.0600. The molecule has 11 heteroatoms. The maximum absolute atomic E-state index is 14.3. The molecule has 1 aliphatic heterocycles. The van der Waals surface area contributed by atoms with Gasteiger partial charge in [-0.2, -0.15) is 5.10 Å². The van der Waals surface area contributed by atoms with E-state index >= 15 is 0 Å². The van der Waals surface area contributed by atoms with Crippen molar-refractivity contribution in [3.8, 4) is 16.9 Å². The van der Waals surface area contributed by atoms with Crippen LogP contribution in [0.3, 0.4) is 0 Å². The zero-order chi connectivity index (χ0) is 35.0. The van der Waals surface area contributed by atoms with E-state index in [1.54, 1.807) is 12.1 Å². The number of nitrogens with one attached hydrogen (secondary N) is 1. The van der Waals surface area contributed by atoms with Crippen LogP contribution in [0.1, 0.15) is 55.3 Å². The summed E-state index contributed by atoms with van der Waals surface area (Å²) < 4.78 is 12.8. The molecule has 3 aromatic carbocycles. The highest BCUT2D eigenvalue weighted by Gasteiger charge is 2.29. The number of rotatable bonds is 9. The summed E-state index contributed by atoms with van der Waals surface area (Å²) >= 11 is 13.3. The number of esters is 1. The van der Waals surface area contributed by atoms with Crippen LogP contribution in [0.15, 0.2) is 48.5 Å². The summed E-state index contributed by atoms with van der Waals surface area (Å²) in [5.74, 6) is 0.374. The number of piperazine rings is 1. The first-order valence-corrected chi connectivity index (χ1v) is 17.2. The molecule has 6 rings (SSSR count). The van der Waals surface area contributed by atoms with E-state index in [0.717, 1.165) is 66.6 Å². The summed E-state index contributed by atoms with van der Waals surface area (Å²) in [5, 5.41) is 6.96. The predicted molar refractivity (Wildman–Crippen MR) is 196 cm³/mol. The molecule has 0 unspecified atom stereocenters. The predicted octanol–water partition coefficient (Wildman–Crippen LogP) is 7.87. The van der Waals surface area contributed by atoms with E-state index in [9.17, 15) is 9.59 Å². The highest BCUT2D eigenvalue weighted by atomic mass is 35.5. The van der Waals surface area contributed by atoms with Crippen molar-refractivity contribution in [2.24, 2.45) is 7.05 Å². The van der Waals surface area contributed by atoms with E-state index in [2.05, 4.69) is 15.0 Å². The third-order valence-corrected chi connectivity index (χ3v) is 10.4. The summed E-state index contributed by atoms with van der Waals surface area (Å²) in [5.41, 5.74) is 9.50. The molecule has 1 N–H and O–H groups in total. The van der Waals surface area contributed by atoms with Gasteiger partial charge < -0.3 is 24.3 Å². The third-order valence-electron chi connectivity index (χ3n) is 9.47. The van der Waals surface area contributed by atoms with Crippen molar-refractivity contribution in [1.82, 2.24) is 19.7 Å². The van der Waals surface area contributed by atoms with Gasteiger partial charge in [-0.15, -0.1) is 0 Å². The molecule has 0 aliphatic carbocycles. The molecule has 2 aromatic heterocycles. The number of aromatic nitrogens is 3. The summed E-state index contributed by atoms with van der Waals surface area (Å²) in [6.45, 7) is 10.9. The first-order valence-electron chi connectivity index (χ1n) is 16.4. The van der Waals surface area contributed by atoms with Gasteiger partial charge in [-0.05, 0) is 99.7 Å². The molecule has 1 amide bonds. The lowest BCUT2D eigenvalue weighted by Crippen LogP contribution is -2.49. The molecule has 0 spiro atoms. The van der Waals surface area contributed by atoms with Gasteiger partial charge in [0.25, 0.3) is 5.91 Å². The topological polar surface area (TPSA) is 92.7 Å². The van der Waals surface area contributed by atoms with Crippen molar-refractivity contribution in [2.75, 3.05) is 44.8 Å². The number of hydrogen-bond acceptors (Lipinski definition) is 6. The summed E-state index contributed by atoms with van der Waals surface area (Å²) in [7, 11) is 3.30. The molecule has 1 saturated heterocycles. The van der Waals surface area contributed by atoms with Crippen LogP contribution in [0.4, 0.5) is 5.69 Å². The van der Waals surface area contributed by atoms with Crippen molar-refractivity contribution < 1.29 is 19.1 Å². The van der Waals surface area contributed by atoms with Crippen LogP contribution in [-0.4, -0.2) is 71.4 Å². The number of hydrogen-bond donors (Lipinski definition) is 1. The highest BCUT2D eigenvalue weighted by molar-refractivity contribution is 6.35. The van der Waals surface area contributed by atoms with Crippen LogP contribution in [0.25, 0.3) is 22.0 Å². The summed E-state index contributed by atoms with van der Waals surface area (Å²) in [6, 6.07) is 15.2. The van der Waals surface area contributed by atoms with E-state index < -0.39 is 0 Å². The second-order valence-electron chi connectivity index (χ2n) is 12.6. The average molecular weight is 703 g/mol. The molecule has 0 atom stereocenters. The minimum absolute atomic E-state index is 0.0431. The summed E-state index contributed by atoms with van der Waals surface area (Å²) in [6.07, 6.45) is 1.33. The molecule has 0 bridgehead atoms. The standard InChI is InChI=1S/C38H41Cl2N5O4/c1-22-20-28(21-23(2)34(22)40)49-19-7-8-29-30-13-14-31(39)33(32-24(3)42-43(5)25(32)4)35(30)41-36(29)37(46)45-17-15-44(16-18-45)27-11-9-26(10-12-27)38(47)48-6/h9-14,20-21,41H,7-8,15-19H2,1-6H3. The van der Waals surface area contributed by atoms with Gasteiger partial charge in [0.15, 0.2) is 0 Å². The smallest absolute Gasteiger partial charge is 0.337 e. The van der Waals surface area contributed by atoms with Crippen LogP contribution < -0.4 is 9.64 Å². The van der Waals surface area contributed by atoms with Crippen LogP contribution >= 0.6 is 23.2 Å². The molecule has 49 heavy (non-hydrogen) atoms. The van der Waals surface area contributed by atoms with Gasteiger partial charge in [-0.25, -0.2) is 4.79 Å². The molecule has 9 nitrogen and oxygen atoms in total. The molecule has 1 aliphatic rings. The zero-order valence-corrected chi connectivity index (χ0v) is 30.3. The number of fused-ring (bicyclic) bond motifs is 1. The van der Waals surface area contributed by atoms with Gasteiger partial charge in [-0.1, -0.05) is 29.3 Å². The Bertz CT molecular complexity index is 2020. The summed E-state index contributed by atoms with van der Waals surface area (Å²) in [4.78, 5) is 33.9. The van der Waals surface area contributed by atoms with Crippen LogP contribution in [0, 0.1) is 27.7 Å². The fourth-order valence-electron chi connectivity index (χ4n) is 6.80. The first kappa shape index (κ1) is 34.4. The van der Waals surface area contributed by atoms with E-state index in [-0.39, 0.29) is 11.9 Å². The largest absolute Gasteiger partial charge is 0.494 e. The number of anilines is 1. The molecule has 256 valence electrons. The number of amides is 1. The maximum atomic E-state index is 14.3. The van der Waals surface area contributed by atoms with Crippen molar-refractivity contribution in [3.63, 3.8) is 0 Å². The Morgan fingerprint density at radius 3 is 2.20 bits per heavy atom. The Labute approximate surface area is 296 Å². The normalized spacial score (nSPS) is 13.3. The lowest BCUT2D eigenvalue weighted by Gasteiger charge is -2.36. The number of nitrogens with zero attached hydrogens (tertiary/aromatic N) is 4. The lowest BCUT2D eigenvalue weighted by atomic mass is 9.98. The zero-order valence-electron chi connectivity index (χ0n) is 28.7. The maximum Gasteiger partial charge on any atom is 0.337 e. The minimum atomic E-state index is -0.365. The molecule has 1 fully saturated rings. The van der Waals surface area contributed by atoms with Gasteiger partial charge in [-0.3, -0.25) is 9.48 Å². The average Bonchev–Trinajstić information content (AvgIpc) is 3.59. The third kappa shape index (κ3) is 6.74. The number of H-pyrrole nitrogens is 1. The highest BCUT2D eigenvalue weighted by Crippen LogP contribution is 2.40. The Morgan fingerprint density at radius 1 is 0.918 bits per heavy atom. The SMILES string of the molecule is COC(=O)c1ccc(N2CCN(C(=O)c3[nH]c4c(-c5c(C)nn(C)c5C)c(Cl)ccc4c3CCCOc3cc(C)c(Cl)c(C)c3)CC2)cc1. The second-order valence-corrected chi connectivity index (χ2v) is 13.4. The molecule has 0 radical (unpaired) electrons. The fourth-order valence-corrected chi connectivity index (χ4v) is 7.16. The number of methoxy groups -OCH3 is 1. The fraction of sp³-hybridized carbons (Fsp3) is 0.342. The number of aryl methyl sites for hydroxylation is 5. The van der Waals surface area contributed by atoms with Gasteiger partial charge >= 0.3 is 5.97 Å². The monoisotopic (exact) mass is 701 g/mol. The number of carbonyl (C=O) groups is 2. The van der Waals surface area contributed by atoms with E-state index in [1.165, 1.54) is 7.11 Å². The van der Waals surface area contributed by atoms with E-state index in [1.807, 2.05) is 80.7 Å². The minimum Gasteiger partial charge on any atom is -0.494 e. The van der Waals surface area contributed by atoms with Crippen molar-refractivity contribution in [3.05, 3.63) is 97.9 Å².